The summed E-state index contributed by atoms with van der Waals surface area (Å²) in [5.41, 5.74) is -3.74. The van der Waals surface area contributed by atoms with Crippen LogP contribution in [0.25, 0.3) is 0 Å². The number of aliphatic hydroxyl groups is 1. The molecule has 24 heavy (non-hydrogen) atoms. The lowest BCUT2D eigenvalue weighted by Crippen LogP contribution is -2.68. The van der Waals surface area contributed by atoms with Crippen molar-refractivity contribution >= 4 is 10.1 Å². The summed E-state index contributed by atoms with van der Waals surface area (Å²) in [6.45, 7) is 5.54. The van der Waals surface area contributed by atoms with Crippen molar-refractivity contribution in [2.24, 2.45) is 0 Å². The average molecular weight is 366 g/mol. The van der Waals surface area contributed by atoms with Gasteiger partial charge in [0.2, 0.25) is 5.79 Å². The van der Waals surface area contributed by atoms with Crippen LogP contribution in [0.15, 0.2) is 0 Å². The van der Waals surface area contributed by atoms with Crippen molar-refractivity contribution in [3.8, 4) is 0 Å². The van der Waals surface area contributed by atoms with E-state index in [1.54, 1.807) is 6.92 Å². The first-order valence-electron chi connectivity index (χ1n) is 8.36. The summed E-state index contributed by atoms with van der Waals surface area (Å²) in [7, 11) is -0.745. The minimum absolute atomic E-state index is 0.348. The fraction of sp³-hybridized carbons (Fsp3) is 1.00. The quantitative estimate of drug-likeness (QED) is 0.540. The Morgan fingerprint density at radius 1 is 1.25 bits per heavy atom. The van der Waals surface area contributed by atoms with E-state index in [-0.39, 0.29) is 0 Å². The maximum Gasteiger partial charge on any atom is 0.264 e. The first kappa shape index (κ1) is 20.1. The molecule has 0 aromatic rings. The Bertz CT molecular complexity index is 573. The second kappa shape index (κ2) is 6.17. The van der Waals surface area contributed by atoms with Gasteiger partial charge in [0.25, 0.3) is 10.1 Å². The van der Waals surface area contributed by atoms with Gasteiger partial charge in [0, 0.05) is 14.2 Å². The van der Waals surface area contributed by atoms with E-state index in [4.69, 9.17) is 18.4 Å². The molecule has 2 aliphatic heterocycles. The Balaban J connectivity index is 2.59. The third-order valence-corrected chi connectivity index (χ3v) is 6.34. The summed E-state index contributed by atoms with van der Waals surface area (Å²) in [6, 6.07) is 0. The molecule has 0 aromatic carbocycles. The van der Waals surface area contributed by atoms with Crippen molar-refractivity contribution in [1.82, 2.24) is 0 Å². The molecule has 2 saturated heterocycles. The van der Waals surface area contributed by atoms with Gasteiger partial charge in [-0.3, -0.25) is 4.18 Å². The Labute approximate surface area is 144 Å². The van der Waals surface area contributed by atoms with E-state index in [2.05, 4.69) is 0 Å². The number of ether oxygens (including phenoxy) is 3. The van der Waals surface area contributed by atoms with E-state index in [9.17, 15) is 13.5 Å². The highest BCUT2D eigenvalue weighted by Crippen LogP contribution is 2.62. The number of unbranched alkanes of at least 4 members (excludes halogenated alkanes) is 1. The highest BCUT2D eigenvalue weighted by molar-refractivity contribution is 7.86. The summed E-state index contributed by atoms with van der Waals surface area (Å²) in [4.78, 5) is 0. The van der Waals surface area contributed by atoms with Gasteiger partial charge in [-0.15, -0.1) is 0 Å². The van der Waals surface area contributed by atoms with Gasteiger partial charge >= 0.3 is 0 Å². The molecule has 2 rings (SSSR count). The lowest BCUT2D eigenvalue weighted by molar-refractivity contribution is -0.322. The number of fused-ring (bicyclic) bond motifs is 2. The van der Waals surface area contributed by atoms with Crippen LogP contribution in [-0.4, -0.2) is 62.7 Å². The molecule has 1 N–H and O–H groups in total. The van der Waals surface area contributed by atoms with Crippen LogP contribution in [0.5, 0.6) is 0 Å². The minimum Gasteiger partial charge on any atom is -0.381 e. The van der Waals surface area contributed by atoms with Gasteiger partial charge < -0.3 is 19.3 Å². The number of hydrogen-bond acceptors (Lipinski definition) is 7. The molecule has 7 nitrogen and oxygen atoms in total. The van der Waals surface area contributed by atoms with E-state index in [1.807, 2.05) is 13.8 Å². The highest BCUT2D eigenvalue weighted by Gasteiger charge is 2.81. The van der Waals surface area contributed by atoms with Crippen molar-refractivity contribution in [2.75, 3.05) is 20.5 Å². The van der Waals surface area contributed by atoms with Crippen LogP contribution >= 0.6 is 0 Å². The molecule has 8 heteroatoms. The SMILES string of the molecule is CCCC[C@@]1(O)C(OC)(OC)[C@]2(C)CC[C@@H](OS(C)(=O)=O)[C@@]1(C)O2. The summed E-state index contributed by atoms with van der Waals surface area (Å²) in [6.07, 6.45) is 2.98. The molecule has 0 unspecified atom stereocenters. The molecule has 2 fully saturated rings. The topological polar surface area (TPSA) is 91.3 Å². The van der Waals surface area contributed by atoms with E-state index in [0.717, 1.165) is 12.7 Å². The zero-order valence-electron chi connectivity index (χ0n) is 15.4. The van der Waals surface area contributed by atoms with Crippen molar-refractivity contribution in [2.45, 2.75) is 81.6 Å². The van der Waals surface area contributed by atoms with Gasteiger partial charge in [-0.25, -0.2) is 0 Å². The van der Waals surface area contributed by atoms with Crippen LogP contribution in [-0.2, 0) is 28.5 Å². The molecule has 0 amide bonds. The smallest absolute Gasteiger partial charge is 0.264 e. The van der Waals surface area contributed by atoms with Gasteiger partial charge in [-0.05, 0) is 33.1 Å². The molecule has 0 aliphatic carbocycles. The Kier molecular flexibility index (Phi) is 5.16. The first-order valence-corrected chi connectivity index (χ1v) is 10.2. The molecule has 4 atom stereocenters. The van der Waals surface area contributed by atoms with Crippen LogP contribution in [0, 0.1) is 0 Å². The van der Waals surface area contributed by atoms with Gasteiger partial charge in [0.15, 0.2) is 5.60 Å². The molecule has 142 valence electrons. The maximum absolute atomic E-state index is 11.7. The van der Waals surface area contributed by atoms with E-state index >= 15 is 0 Å². The third kappa shape index (κ3) is 2.54. The van der Waals surface area contributed by atoms with E-state index in [0.29, 0.717) is 25.7 Å². The minimum atomic E-state index is -3.70. The number of rotatable bonds is 7. The van der Waals surface area contributed by atoms with Crippen molar-refractivity contribution in [3.05, 3.63) is 0 Å². The molecule has 0 radical (unpaired) electrons. The molecular formula is C16H30O7S. The lowest BCUT2D eigenvalue weighted by atomic mass is 9.72. The molecule has 2 aliphatic rings. The van der Waals surface area contributed by atoms with Crippen molar-refractivity contribution < 1.29 is 31.9 Å². The molecular weight excluding hydrogens is 336 g/mol. The summed E-state index contributed by atoms with van der Waals surface area (Å²) < 4.78 is 46.4. The molecule has 0 spiro atoms. The van der Waals surface area contributed by atoms with Gasteiger partial charge in [0.05, 0.1) is 6.26 Å². The number of hydrogen-bond donors (Lipinski definition) is 1. The fourth-order valence-corrected chi connectivity index (χ4v) is 5.36. The van der Waals surface area contributed by atoms with Crippen molar-refractivity contribution in [3.63, 3.8) is 0 Å². The molecule has 2 heterocycles. The third-order valence-electron chi connectivity index (χ3n) is 5.76. The summed E-state index contributed by atoms with van der Waals surface area (Å²) >= 11 is 0. The van der Waals surface area contributed by atoms with Crippen LogP contribution in [0.3, 0.4) is 0 Å². The van der Waals surface area contributed by atoms with Gasteiger partial charge in [0.1, 0.15) is 17.3 Å². The Hall–Kier alpha value is -0.250. The second-order valence-electron chi connectivity index (χ2n) is 7.26. The van der Waals surface area contributed by atoms with Crippen LogP contribution in [0.4, 0.5) is 0 Å². The predicted molar refractivity (Wildman–Crippen MR) is 88.1 cm³/mol. The Morgan fingerprint density at radius 3 is 2.29 bits per heavy atom. The Morgan fingerprint density at radius 2 is 1.83 bits per heavy atom. The largest absolute Gasteiger partial charge is 0.381 e. The molecule has 0 aromatic heterocycles. The molecule has 2 bridgehead atoms. The summed E-state index contributed by atoms with van der Waals surface area (Å²) in [5, 5.41) is 11.7. The van der Waals surface area contributed by atoms with Crippen LogP contribution < -0.4 is 0 Å². The fourth-order valence-electron chi connectivity index (χ4n) is 4.66. The lowest BCUT2D eigenvalue weighted by Gasteiger charge is -2.47. The average Bonchev–Trinajstić information content (AvgIpc) is 2.60. The molecule has 0 saturated carbocycles. The van der Waals surface area contributed by atoms with Crippen LogP contribution in [0.2, 0.25) is 0 Å². The van der Waals surface area contributed by atoms with E-state index in [1.165, 1.54) is 14.2 Å². The monoisotopic (exact) mass is 366 g/mol. The zero-order valence-corrected chi connectivity index (χ0v) is 16.2. The summed E-state index contributed by atoms with van der Waals surface area (Å²) in [5.74, 6) is -1.40. The van der Waals surface area contributed by atoms with Crippen LogP contribution in [0.1, 0.15) is 52.9 Å². The van der Waals surface area contributed by atoms with Gasteiger partial charge in [-0.2, -0.15) is 8.42 Å². The van der Waals surface area contributed by atoms with Gasteiger partial charge in [-0.1, -0.05) is 19.8 Å². The van der Waals surface area contributed by atoms with Crippen molar-refractivity contribution in [1.29, 1.82) is 0 Å². The van der Waals surface area contributed by atoms with E-state index < -0.39 is 38.8 Å². The first-order chi connectivity index (χ1) is 11.0. The maximum atomic E-state index is 11.7. The normalized spacial score (nSPS) is 41.5. The standard InChI is InChI=1S/C16H30O7S/c1-7-8-10-15(17)14(3)12(22-24(6,18)19)9-11-13(2,23-14)16(15,20-4)21-5/h12,17H,7-11H2,1-6H3/t12-,13+,14-,15+/m1/s1. The zero-order chi connectivity index (χ0) is 18.4. The second-order valence-corrected chi connectivity index (χ2v) is 8.86. The number of methoxy groups -OCH3 is 2. The highest BCUT2D eigenvalue weighted by atomic mass is 32.2. The predicted octanol–water partition coefficient (Wildman–Crippen LogP) is 1.58.